The average molecular weight is 269 g/mol. The largest absolute Gasteiger partial charge is 0.399 e. The second kappa shape index (κ2) is 4.63. The first-order chi connectivity index (χ1) is 9.56. The van der Waals surface area contributed by atoms with Gasteiger partial charge in [0, 0.05) is 11.6 Å². The van der Waals surface area contributed by atoms with Crippen LogP contribution in [0.3, 0.4) is 0 Å². The van der Waals surface area contributed by atoms with Crippen molar-refractivity contribution in [3.05, 3.63) is 54.1 Å². The maximum Gasteiger partial charge on any atom is 0.125 e. The molecule has 0 aliphatic rings. The van der Waals surface area contributed by atoms with E-state index in [0.717, 1.165) is 22.5 Å². The van der Waals surface area contributed by atoms with Crippen LogP contribution in [-0.4, -0.2) is 9.55 Å². The quantitative estimate of drug-likeness (QED) is 0.718. The fraction of sp³-hybridized carbons (Fsp3) is 0.188. The summed E-state index contributed by atoms with van der Waals surface area (Å²) in [4.78, 5) is 4.64. The number of benzene rings is 2. The number of nitrogen functional groups attached to an aromatic ring is 1. The number of hydrogen-bond donors (Lipinski definition) is 1. The SMILES string of the molecule is CC(C)c1nc2cc(N)ccc2n1-c1cccc(F)c1. The van der Waals surface area contributed by atoms with Crippen molar-refractivity contribution in [2.75, 3.05) is 5.73 Å². The maximum atomic E-state index is 13.5. The molecular weight excluding hydrogens is 253 g/mol. The number of nitrogens with zero attached hydrogens (tertiary/aromatic N) is 2. The van der Waals surface area contributed by atoms with Gasteiger partial charge in [0.25, 0.3) is 0 Å². The molecule has 0 bridgehead atoms. The minimum atomic E-state index is -0.255. The van der Waals surface area contributed by atoms with Crippen LogP contribution in [0.1, 0.15) is 25.6 Å². The highest BCUT2D eigenvalue weighted by atomic mass is 19.1. The smallest absolute Gasteiger partial charge is 0.125 e. The van der Waals surface area contributed by atoms with Crippen LogP contribution >= 0.6 is 0 Å². The second-order valence-electron chi connectivity index (χ2n) is 5.19. The van der Waals surface area contributed by atoms with E-state index in [2.05, 4.69) is 18.8 Å². The lowest BCUT2D eigenvalue weighted by Crippen LogP contribution is -2.03. The Morgan fingerprint density at radius 3 is 2.65 bits per heavy atom. The van der Waals surface area contributed by atoms with Crippen LogP contribution in [0.2, 0.25) is 0 Å². The molecule has 0 aliphatic carbocycles. The van der Waals surface area contributed by atoms with E-state index in [0.29, 0.717) is 5.69 Å². The topological polar surface area (TPSA) is 43.8 Å². The third-order valence-corrected chi connectivity index (χ3v) is 3.29. The number of imidazole rings is 1. The van der Waals surface area contributed by atoms with Crippen molar-refractivity contribution in [2.45, 2.75) is 19.8 Å². The molecule has 20 heavy (non-hydrogen) atoms. The second-order valence-corrected chi connectivity index (χ2v) is 5.19. The fourth-order valence-electron chi connectivity index (χ4n) is 2.39. The summed E-state index contributed by atoms with van der Waals surface area (Å²) in [5.41, 5.74) is 9.04. The molecule has 3 aromatic rings. The molecule has 1 heterocycles. The van der Waals surface area contributed by atoms with E-state index in [-0.39, 0.29) is 11.7 Å². The summed E-state index contributed by atoms with van der Waals surface area (Å²) in [6.45, 7) is 4.14. The number of nitrogens with two attached hydrogens (primary N) is 1. The van der Waals surface area contributed by atoms with Crippen molar-refractivity contribution in [2.24, 2.45) is 0 Å². The zero-order valence-electron chi connectivity index (χ0n) is 11.5. The van der Waals surface area contributed by atoms with Gasteiger partial charge in [0.2, 0.25) is 0 Å². The first-order valence-electron chi connectivity index (χ1n) is 6.60. The van der Waals surface area contributed by atoms with Crippen molar-refractivity contribution >= 4 is 16.7 Å². The van der Waals surface area contributed by atoms with Gasteiger partial charge in [-0.1, -0.05) is 19.9 Å². The molecule has 0 saturated heterocycles. The molecule has 0 radical (unpaired) electrons. The molecule has 2 N–H and O–H groups in total. The summed E-state index contributed by atoms with van der Waals surface area (Å²) < 4.78 is 15.5. The monoisotopic (exact) mass is 269 g/mol. The molecule has 0 aliphatic heterocycles. The first-order valence-corrected chi connectivity index (χ1v) is 6.60. The van der Waals surface area contributed by atoms with Crippen molar-refractivity contribution in [1.29, 1.82) is 0 Å². The number of rotatable bonds is 2. The van der Waals surface area contributed by atoms with E-state index < -0.39 is 0 Å². The van der Waals surface area contributed by atoms with Crippen molar-refractivity contribution in [3.63, 3.8) is 0 Å². The fourth-order valence-corrected chi connectivity index (χ4v) is 2.39. The summed E-state index contributed by atoms with van der Waals surface area (Å²) >= 11 is 0. The van der Waals surface area contributed by atoms with Gasteiger partial charge in [0.1, 0.15) is 11.6 Å². The molecule has 0 spiro atoms. The van der Waals surface area contributed by atoms with Crippen molar-refractivity contribution in [1.82, 2.24) is 9.55 Å². The lowest BCUT2D eigenvalue weighted by molar-refractivity contribution is 0.626. The molecule has 0 saturated carbocycles. The molecule has 3 nitrogen and oxygen atoms in total. The molecule has 4 heteroatoms. The maximum absolute atomic E-state index is 13.5. The minimum Gasteiger partial charge on any atom is -0.399 e. The van der Waals surface area contributed by atoms with Gasteiger partial charge in [-0.15, -0.1) is 0 Å². The summed E-state index contributed by atoms with van der Waals surface area (Å²) in [7, 11) is 0. The zero-order valence-corrected chi connectivity index (χ0v) is 11.5. The highest BCUT2D eigenvalue weighted by molar-refractivity contribution is 5.81. The minimum absolute atomic E-state index is 0.229. The number of fused-ring (bicyclic) bond motifs is 1. The van der Waals surface area contributed by atoms with E-state index >= 15 is 0 Å². The van der Waals surface area contributed by atoms with Gasteiger partial charge < -0.3 is 5.73 Å². The van der Waals surface area contributed by atoms with Gasteiger partial charge in [0.15, 0.2) is 0 Å². The highest BCUT2D eigenvalue weighted by Gasteiger charge is 2.15. The van der Waals surface area contributed by atoms with Crippen LogP contribution in [0.25, 0.3) is 16.7 Å². The Labute approximate surface area is 116 Å². The molecule has 0 amide bonds. The molecule has 2 aromatic carbocycles. The van der Waals surface area contributed by atoms with Gasteiger partial charge >= 0.3 is 0 Å². The Bertz CT molecular complexity index is 774. The third kappa shape index (κ3) is 2.03. The molecule has 102 valence electrons. The third-order valence-electron chi connectivity index (χ3n) is 3.29. The van der Waals surface area contributed by atoms with Gasteiger partial charge in [-0.25, -0.2) is 9.37 Å². The number of anilines is 1. The molecule has 1 aromatic heterocycles. The summed E-state index contributed by atoms with van der Waals surface area (Å²) in [5.74, 6) is 0.873. The Balaban J connectivity index is 2.34. The van der Waals surface area contributed by atoms with E-state index in [1.807, 2.05) is 28.8 Å². The van der Waals surface area contributed by atoms with Gasteiger partial charge in [-0.05, 0) is 36.4 Å². The van der Waals surface area contributed by atoms with Crippen LogP contribution in [-0.2, 0) is 0 Å². The van der Waals surface area contributed by atoms with Crippen molar-refractivity contribution < 1.29 is 4.39 Å². The van der Waals surface area contributed by atoms with Gasteiger partial charge in [0.05, 0.1) is 16.7 Å². The van der Waals surface area contributed by atoms with Crippen LogP contribution in [0, 0.1) is 5.82 Å². The van der Waals surface area contributed by atoms with E-state index in [9.17, 15) is 4.39 Å². The summed E-state index contributed by atoms with van der Waals surface area (Å²) in [6, 6.07) is 12.2. The predicted molar refractivity (Wildman–Crippen MR) is 79.5 cm³/mol. The number of aromatic nitrogens is 2. The predicted octanol–water partition coefficient (Wildman–Crippen LogP) is 3.87. The molecule has 0 unspecified atom stereocenters. The van der Waals surface area contributed by atoms with E-state index in [1.54, 1.807) is 6.07 Å². The Morgan fingerprint density at radius 2 is 1.95 bits per heavy atom. The van der Waals surface area contributed by atoms with Crippen LogP contribution in [0.15, 0.2) is 42.5 Å². The van der Waals surface area contributed by atoms with Crippen LogP contribution < -0.4 is 5.73 Å². The van der Waals surface area contributed by atoms with Gasteiger partial charge in [-0.3, -0.25) is 4.57 Å². The van der Waals surface area contributed by atoms with Gasteiger partial charge in [-0.2, -0.15) is 0 Å². The highest BCUT2D eigenvalue weighted by Crippen LogP contribution is 2.27. The lowest BCUT2D eigenvalue weighted by Gasteiger charge is -2.11. The average Bonchev–Trinajstić information content (AvgIpc) is 2.77. The molecule has 0 fully saturated rings. The Hall–Kier alpha value is -2.36. The van der Waals surface area contributed by atoms with E-state index in [4.69, 9.17) is 5.73 Å². The summed E-state index contributed by atoms with van der Waals surface area (Å²) in [5, 5.41) is 0. The number of halogens is 1. The molecule has 3 rings (SSSR count). The Kier molecular flexibility index (Phi) is 2.93. The Morgan fingerprint density at radius 1 is 1.15 bits per heavy atom. The van der Waals surface area contributed by atoms with E-state index in [1.165, 1.54) is 12.1 Å². The van der Waals surface area contributed by atoms with Crippen molar-refractivity contribution in [3.8, 4) is 5.69 Å². The lowest BCUT2D eigenvalue weighted by atomic mass is 10.2. The standard InChI is InChI=1S/C16H16FN3/c1-10(2)16-19-14-9-12(18)6-7-15(14)20(16)13-5-3-4-11(17)8-13/h3-10H,18H2,1-2H3. The normalized spacial score (nSPS) is 11.4. The molecule has 0 atom stereocenters. The van der Waals surface area contributed by atoms with Crippen LogP contribution in [0.4, 0.5) is 10.1 Å². The van der Waals surface area contributed by atoms with Crippen LogP contribution in [0.5, 0.6) is 0 Å². The summed E-state index contributed by atoms with van der Waals surface area (Å²) in [6.07, 6.45) is 0. The number of hydrogen-bond acceptors (Lipinski definition) is 2. The molecular formula is C16H16FN3. The zero-order chi connectivity index (χ0) is 14.3. The first kappa shape index (κ1) is 12.7.